The maximum Gasteiger partial charge on any atom is 0.295 e. The molecule has 6 N–H and O–H groups in total. The van der Waals surface area contributed by atoms with Crippen LogP contribution in [0.15, 0.2) is 76.5 Å². The molecule has 2 unspecified atom stereocenters. The van der Waals surface area contributed by atoms with Crippen LogP contribution < -0.4 is 15.5 Å². The van der Waals surface area contributed by atoms with Gasteiger partial charge in [0.15, 0.2) is 0 Å². The molecule has 244 valence electrons. The van der Waals surface area contributed by atoms with E-state index in [1.807, 2.05) is 43.3 Å². The van der Waals surface area contributed by atoms with Gasteiger partial charge in [0.1, 0.15) is 4.90 Å². The third kappa shape index (κ3) is 10.2. The first-order chi connectivity index (χ1) is 21.9. The molecule has 0 radical (unpaired) electrons. The minimum Gasteiger partial charge on any atom is -0.392 e. The Balaban J connectivity index is 1.71. The lowest BCUT2D eigenvalue weighted by atomic mass is 10.1. The Kier molecular flexibility index (Phi) is 12.0. The number of para-hydroxylation sites is 1. The minimum atomic E-state index is -4.68. The number of hydrogen-bond acceptors (Lipinski definition) is 14. The molecule has 4 rings (SSSR count). The average molecular weight is 671 g/mol. The topological polar surface area (TPSA) is 199 Å². The van der Waals surface area contributed by atoms with Crippen molar-refractivity contribution in [1.29, 1.82) is 0 Å². The Morgan fingerprint density at radius 1 is 0.870 bits per heavy atom. The van der Waals surface area contributed by atoms with Crippen LogP contribution >= 0.6 is 12.0 Å². The van der Waals surface area contributed by atoms with E-state index in [0.29, 0.717) is 16.1 Å². The summed E-state index contributed by atoms with van der Waals surface area (Å²) in [5, 5.41) is 38.5. The van der Waals surface area contributed by atoms with Gasteiger partial charge in [-0.2, -0.15) is 23.4 Å². The molecule has 4 aromatic rings. The van der Waals surface area contributed by atoms with Crippen LogP contribution in [0.25, 0.3) is 12.2 Å². The van der Waals surface area contributed by atoms with E-state index in [2.05, 4.69) is 35.0 Å². The van der Waals surface area contributed by atoms with Crippen LogP contribution in [-0.2, 0) is 19.5 Å². The van der Waals surface area contributed by atoms with Crippen molar-refractivity contribution in [3.63, 3.8) is 0 Å². The molecule has 0 saturated heterocycles. The van der Waals surface area contributed by atoms with E-state index >= 15 is 0 Å². The Morgan fingerprint density at radius 2 is 1.48 bits per heavy atom. The van der Waals surface area contributed by atoms with Crippen molar-refractivity contribution >= 4 is 63.5 Å². The second-order valence-corrected chi connectivity index (χ2v) is 12.5. The second kappa shape index (κ2) is 15.9. The molecule has 0 aliphatic heterocycles. The molecule has 1 heterocycles. The number of anilines is 5. The van der Waals surface area contributed by atoms with Crippen LogP contribution in [0.4, 0.5) is 29.2 Å². The van der Waals surface area contributed by atoms with Gasteiger partial charge < -0.3 is 25.7 Å². The van der Waals surface area contributed by atoms with E-state index in [9.17, 15) is 23.2 Å². The van der Waals surface area contributed by atoms with Gasteiger partial charge in [0.2, 0.25) is 17.8 Å². The molecular weight excluding hydrogens is 636 g/mol. The van der Waals surface area contributed by atoms with Crippen LogP contribution in [0.2, 0.25) is 0 Å². The first-order valence-electron chi connectivity index (χ1n) is 13.9. The lowest BCUT2D eigenvalue weighted by molar-refractivity contribution is -0.432. The zero-order valence-electron chi connectivity index (χ0n) is 25.1. The lowest BCUT2D eigenvalue weighted by Gasteiger charge is -2.26. The maximum absolute atomic E-state index is 12.4. The highest BCUT2D eigenvalue weighted by Gasteiger charge is 2.19. The zero-order chi connectivity index (χ0) is 33.3. The summed E-state index contributed by atoms with van der Waals surface area (Å²) in [6.45, 7) is 5.30. The fraction of sp³-hybridized carbons (Fsp3) is 0.233. The van der Waals surface area contributed by atoms with Crippen LogP contribution in [0.5, 0.6) is 0 Å². The van der Waals surface area contributed by atoms with E-state index in [1.165, 1.54) is 18.2 Å². The van der Waals surface area contributed by atoms with Gasteiger partial charge in [0.05, 0.1) is 24.3 Å². The number of aliphatic hydroxyl groups excluding tert-OH is 2. The molecule has 0 saturated carbocycles. The Labute approximate surface area is 270 Å². The molecule has 3 aromatic carbocycles. The second-order valence-electron chi connectivity index (χ2n) is 10.3. The SMILES string of the molecule is Cc1ccc(C=Cc2ccc(Nc3nc(Nc4ccccc4)nc(N(CC(C)O)CC(C)O)n3)cc2S(=O)(=O)O)c(SOOO)c1. The van der Waals surface area contributed by atoms with Gasteiger partial charge >= 0.3 is 0 Å². The predicted octanol–water partition coefficient (Wildman–Crippen LogP) is 5.08. The summed E-state index contributed by atoms with van der Waals surface area (Å²) in [6, 6.07) is 18.9. The van der Waals surface area contributed by atoms with Gasteiger partial charge in [-0.05, 0) is 67.8 Å². The number of nitrogens with zero attached hydrogens (tertiary/aromatic N) is 4. The van der Waals surface area contributed by atoms with Crippen molar-refractivity contribution in [3.05, 3.63) is 83.4 Å². The van der Waals surface area contributed by atoms with Crippen molar-refractivity contribution in [2.45, 2.75) is 42.8 Å². The first kappa shape index (κ1) is 34.7. The van der Waals surface area contributed by atoms with Gasteiger partial charge in [-0.3, -0.25) is 4.55 Å². The molecule has 0 aliphatic rings. The number of benzene rings is 3. The number of aromatic nitrogens is 3. The first-order valence-corrected chi connectivity index (χ1v) is 16.1. The van der Waals surface area contributed by atoms with E-state index in [0.717, 1.165) is 17.6 Å². The normalized spacial score (nSPS) is 13.0. The lowest BCUT2D eigenvalue weighted by Crippen LogP contribution is -2.37. The van der Waals surface area contributed by atoms with Gasteiger partial charge in [-0.1, -0.05) is 53.6 Å². The largest absolute Gasteiger partial charge is 0.392 e. The van der Waals surface area contributed by atoms with Gasteiger partial charge in [0, 0.05) is 29.4 Å². The van der Waals surface area contributed by atoms with E-state index < -0.39 is 22.3 Å². The van der Waals surface area contributed by atoms with Gasteiger partial charge in [0.25, 0.3) is 10.1 Å². The molecule has 1 aromatic heterocycles. The molecule has 0 amide bonds. The summed E-state index contributed by atoms with van der Waals surface area (Å²) in [5.41, 5.74) is 2.67. The third-order valence-corrected chi connectivity index (χ3v) is 7.79. The van der Waals surface area contributed by atoms with Crippen LogP contribution in [0, 0.1) is 6.92 Å². The fourth-order valence-corrected chi connectivity index (χ4v) is 5.61. The molecular formula is C30H34N6O8S2. The standard InChI is InChI=1S/C30H34N6O8S2/c1-19-9-10-22(26(15-19)45-44-43-39)11-12-23-13-14-25(16-27(23)46(40,41)42)32-29-33-28(31-24-7-5-4-6-8-24)34-30(35-29)36(17-20(2)37)18-21(3)38/h4-16,20-21,37-39H,17-18H2,1-3H3,(H,40,41,42)(H2,31,32,33,34,35). The van der Waals surface area contributed by atoms with Gasteiger partial charge in [-0.15, -0.1) is 4.33 Å². The molecule has 0 spiro atoms. The molecule has 0 fully saturated rings. The van der Waals surface area contributed by atoms with Crippen LogP contribution in [0.1, 0.15) is 30.5 Å². The zero-order valence-corrected chi connectivity index (χ0v) is 26.7. The van der Waals surface area contributed by atoms with Crippen LogP contribution in [-0.4, -0.2) is 68.7 Å². The van der Waals surface area contributed by atoms with E-state index in [1.54, 1.807) is 43.0 Å². The smallest absolute Gasteiger partial charge is 0.295 e. The number of aliphatic hydroxyl groups is 2. The van der Waals surface area contributed by atoms with E-state index in [-0.39, 0.29) is 47.1 Å². The molecule has 16 heteroatoms. The van der Waals surface area contributed by atoms with Crippen molar-refractivity contribution < 1.29 is 37.8 Å². The van der Waals surface area contributed by atoms with Crippen molar-refractivity contribution in [2.24, 2.45) is 0 Å². The quantitative estimate of drug-likeness (QED) is 0.0321. The molecule has 2 atom stereocenters. The number of hydrogen-bond donors (Lipinski definition) is 6. The van der Waals surface area contributed by atoms with Gasteiger partial charge in [-0.25, -0.2) is 5.26 Å². The van der Waals surface area contributed by atoms with Crippen molar-refractivity contribution in [3.8, 4) is 0 Å². The summed E-state index contributed by atoms with van der Waals surface area (Å²) >= 11 is 0.764. The Morgan fingerprint density at radius 3 is 2.09 bits per heavy atom. The predicted molar refractivity (Wildman–Crippen MR) is 175 cm³/mol. The maximum atomic E-state index is 12.4. The summed E-state index contributed by atoms with van der Waals surface area (Å²) in [7, 11) is -4.68. The number of rotatable bonds is 15. The fourth-order valence-electron chi connectivity index (χ4n) is 4.33. The van der Waals surface area contributed by atoms with Crippen molar-refractivity contribution in [2.75, 3.05) is 28.6 Å². The summed E-state index contributed by atoms with van der Waals surface area (Å²) in [5.74, 6) is 0.327. The number of aryl methyl sites for hydroxylation is 1. The minimum absolute atomic E-state index is 0.0293. The Bertz CT molecular complexity index is 1750. The molecule has 14 nitrogen and oxygen atoms in total. The summed E-state index contributed by atoms with van der Waals surface area (Å²) in [4.78, 5) is 15.2. The highest BCUT2D eigenvalue weighted by atomic mass is 32.2. The monoisotopic (exact) mass is 670 g/mol. The van der Waals surface area contributed by atoms with Crippen molar-refractivity contribution in [1.82, 2.24) is 15.0 Å². The highest BCUT2D eigenvalue weighted by molar-refractivity contribution is 7.94. The van der Waals surface area contributed by atoms with E-state index in [4.69, 9.17) is 5.26 Å². The van der Waals surface area contributed by atoms with Crippen LogP contribution in [0.3, 0.4) is 0 Å². The number of nitrogens with one attached hydrogen (secondary N) is 2. The summed E-state index contributed by atoms with van der Waals surface area (Å²) < 4.78 is 39.6. The third-order valence-electron chi connectivity index (χ3n) is 6.22. The Hall–Kier alpha value is -4.13. The molecule has 0 aliphatic carbocycles. The average Bonchev–Trinajstić information content (AvgIpc) is 2.99. The summed E-state index contributed by atoms with van der Waals surface area (Å²) in [6.07, 6.45) is 1.60. The highest BCUT2D eigenvalue weighted by Crippen LogP contribution is 2.29. The molecule has 46 heavy (non-hydrogen) atoms. The molecule has 0 bridgehead atoms.